The van der Waals surface area contributed by atoms with Crippen LogP contribution in [-0.4, -0.2) is 29.2 Å². The van der Waals surface area contributed by atoms with E-state index in [4.69, 9.17) is 11.6 Å². The number of amides is 1. The molecule has 1 aromatic heterocycles. The lowest BCUT2D eigenvalue weighted by Gasteiger charge is -2.32. The summed E-state index contributed by atoms with van der Waals surface area (Å²) >= 11 is 6.19. The van der Waals surface area contributed by atoms with E-state index in [2.05, 4.69) is 39.5 Å². The third kappa shape index (κ3) is 4.79. The van der Waals surface area contributed by atoms with E-state index in [1.54, 1.807) is 0 Å². The number of nitrogens with one attached hydrogen (secondary N) is 1. The molecular formula is C24H25ClN4O. The minimum absolute atomic E-state index is 0.0592. The Morgan fingerprint density at radius 2 is 2.00 bits per heavy atom. The first-order valence-electron chi connectivity index (χ1n) is 10.3. The van der Waals surface area contributed by atoms with Gasteiger partial charge in [0.05, 0.1) is 11.6 Å². The topological polar surface area (TPSA) is 58.1 Å². The standard InChI is InChI=1S/C24H25ClN4O/c1-17-6-4-8-18(14-17)22-11-12-23(28-27-22)29-13-5-9-20(16-29)24(30)26-15-19-7-2-3-10-21(19)25/h2-4,6-8,10-12,14,20H,5,9,13,15-16H2,1H3,(H,26,30)/t20-/m0/s1. The van der Waals surface area contributed by atoms with Gasteiger partial charge in [-0.15, -0.1) is 10.2 Å². The summed E-state index contributed by atoms with van der Waals surface area (Å²) in [6, 6.07) is 19.8. The second kappa shape index (κ2) is 9.26. The maximum Gasteiger partial charge on any atom is 0.225 e. The molecule has 0 bridgehead atoms. The summed E-state index contributed by atoms with van der Waals surface area (Å²) in [4.78, 5) is 14.9. The second-order valence-corrected chi connectivity index (χ2v) is 8.15. The van der Waals surface area contributed by atoms with Gasteiger partial charge in [-0.25, -0.2) is 0 Å². The van der Waals surface area contributed by atoms with Gasteiger partial charge in [0.1, 0.15) is 0 Å². The number of benzene rings is 2. The number of aryl methyl sites for hydroxylation is 1. The summed E-state index contributed by atoms with van der Waals surface area (Å²) in [6.45, 7) is 4.04. The van der Waals surface area contributed by atoms with Crippen molar-refractivity contribution in [2.24, 2.45) is 5.92 Å². The van der Waals surface area contributed by atoms with Crippen molar-refractivity contribution in [1.29, 1.82) is 0 Å². The molecule has 0 spiro atoms. The summed E-state index contributed by atoms with van der Waals surface area (Å²) in [7, 11) is 0. The number of anilines is 1. The highest BCUT2D eigenvalue weighted by atomic mass is 35.5. The van der Waals surface area contributed by atoms with Gasteiger partial charge in [0.15, 0.2) is 5.82 Å². The van der Waals surface area contributed by atoms with Crippen LogP contribution in [0.4, 0.5) is 5.82 Å². The molecule has 2 heterocycles. The van der Waals surface area contributed by atoms with Gasteiger partial charge in [-0.2, -0.15) is 0 Å². The molecule has 1 saturated heterocycles. The number of aromatic nitrogens is 2. The van der Waals surface area contributed by atoms with Crippen molar-refractivity contribution in [2.45, 2.75) is 26.3 Å². The van der Waals surface area contributed by atoms with Crippen LogP contribution in [0.15, 0.2) is 60.7 Å². The van der Waals surface area contributed by atoms with Gasteiger partial charge in [-0.1, -0.05) is 53.6 Å². The molecule has 1 aliphatic heterocycles. The van der Waals surface area contributed by atoms with Gasteiger partial charge in [0.25, 0.3) is 0 Å². The van der Waals surface area contributed by atoms with E-state index < -0.39 is 0 Å². The number of hydrogen-bond donors (Lipinski definition) is 1. The number of carbonyl (C=O) groups is 1. The van der Waals surface area contributed by atoms with Crippen LogP contribution in [0.5, 0.6) is 0 Å². The molecular weight excluding hydrogens is 396 g/mol. The van der Waals surface area contributed by atoms with E-state index >= 15 is 0 Å². The molecule has 0 unspecified atom stereocenters. The molecule has 0 radical (unpaired) electrons. The molecule has 154 valence electrons. The van der Waals surface area contributed by atoms with Gasteiger partial charge >= 0.3 is 0 Å². The molecule has 1 aliphatic rings. The zero-order valence-corrected chi connectivity index (χ0v) is 17.8. The Morgan fingerprint density at radius 1 is 1.13 bits per heavy atom. The van der Waals surface area contributed by atoms with Crippen molar-refractivity contribution in [1.82, 2.24) is 15.5 Å². The molecule has 0 saturated carbocycles. The predicted octanol–water partition coefficient (Wildman–Crippen LogP) is 4.64. The van der Waals surface area contributed by atoms with Gasteiger partial charge in [0, 0.05) is 30.2 Å². The predicted molar refractivity (Wildman–Crippen MR) is 120 cm³/mol. The summed E-state index contributed by atoms with van der Waals surface area (Å²) in [6.07, 6.45) is 1.82. The van der Waals surface area contributed by atoms with Crippen molar-refractivity contribution in [3.8, 4) is 11.3 Å². The maximum atomic E-state index is 12.7. The summed E-state index contributed by atoms with van der Waals surface area (Å²) < 4.78 is 0. The van der Waals surface area contributed by atoms with Crippen molar-refractivity contribution in [2.75, 3.05) is 18.0 Å². The van der Waals surface area contributed by atoms with Gasteiger partial charge in [0.2, 0.25) is 5.91 Å². The van der Waals surface area contributed by atoms with Crippen molar-refractivity contribution < 1.29 is 4.79 Å². The van der Waals surface area contributed by atoms with Crippen LogP contribution < -0.4 is 10.2 Å². The highest BCUT2D eigenvalue weighted by Gasteiger charge is 2.26. The first-order chi connectivity index (χ1) is 14.6. The average Bonchev–Trinajstić information content (AvgIpc) is 2.78. The van der Waals surface area contributed by atoms with Crippen LogP contribution in [0.25, 0.3) is 11.3 Å². The van der Waals surface area contributed by atoms with Crippen LogP contribution in [-0.2, 0) is 11.3 Å². The second-order valence-electron chi connectivity index (χ2n) is 7.74. The fourth-order valence-corrected chi connectivity index (χ4v) is 4.02. The highest BCUT2D eigenvalue weighted by molar-refractivity contribution is 6.31. The highest BCUT2D eigenvalue weighted by Crippen LogP contribution is 2.24. The van der Waals surface area contributed by atoms with E-state index in [0.717, 1.165) is 42.0 Å². The number of rotatable bonds is 5. The average molecular weight is 421 g/mol. The Bertz CT molecular complexity index is 1020. The zero-order valence-electron chi connectivity index (χ0n) is 17.0. The number of piperidine rings is 1. The van der Waals surface area contributed by atoms with Crippen molar-refractivity contribution >= 4 is 23.3 Å². The SMILES string of the molecule is Cc1cccc(-c2ccc(N3CCC[C@H](C(=O)NCc4ccccc4Cl)C3)nn2)c1. The lowest BCUT2D eigenvalue weighted by atomic mass is 9.97. The van der Waals surface area contributed by atoms with E-state index in [0.29, 0.717) is 18.1 Å². The minimum Gasteiger partial charge on any atom is -0.354 e. The molecule has 1 atom stereocenters. The normalized spacial score (nSPS) is 16.3. The smallest absolute Gasteiger partial charge is 0.225 e. The van der Waals surface area contributed by atoms with Crippen molar-refractivity contribution in [3.05, 3.63) is 76.8 Å². The Morgan fingerprint density at radius 3 is 2.77 bits per heavy atom. The fourth-order valence-electron chi connectivity index (χ4n) is 3.82. The van der Waals surface area contributed by atoms with Gasteiger partial charge < -0.3 is 10.2 Å². The Hall–Kier alpha value is -2.92. The molecule has 1 fully saturated rings. The Balaban J connectivity index is 1.38. The lowest BCUT2D eigenvalue weighted by molar-refractivity contribution is -0.125. The molecule has 6 heteroatoms. The van der Waals surface area contributed by atoms with E-state index in [9.17, 15) is 4.79 Å². The van der Waals surface area contributed by atoms with Gasteiger partial charge in [-0.05, 0) is 49.6 Å². The van der Waals surface area contributed by atoms with Crippen LogP contribution in [0, 0.1) is 12.8 Å². The zero-order chi connectivity index (χ0) is 20.9. The number of nitrogens with zero attached hydrogens (tertiary/aromatic N) is 3. The van der Waals surface area contributed by atoms with E-state index in [1.807, 2.05) is 48.5 Å². The Labute approximate surface area is 182 Å². The Kier molecular flexibility index (Phi) is 6.29. The first-order valence-corrected chi connectivity index (χ1v) is 10.6. The largest absolute Gasteiger partial charge is 0.354 e. The summed E-state index contributed by atoms with van der Waals surface area (Å²) in [5.41, 5.74) is 4.04. The number of hydrogen-bond acceptors (Lipinski definition) is 4. The molecule has 4 rings (SSSR count). The first kappa shape index (κ1) is 20.4. The molecule has 1 N–H and O–H groups in total. The number of carbonyl (C=O) groups excluding carboxylic acids is 1. The van der Waals surface area contributed by atoms with Crippen molar-refractivity contribution in [3.63, 3.8) is 0 Å². The third-order valence-corrected chi connectivity index (χ3v) is 5.86. The lowest BCUT2D eigenvalue weighted by Crippen LogP contribution is -2.43. The summed E-state index contributed by atoms with van der Waals surface area (Å²) in [5, 5.41) is 12.6. The minimum atomic E-state index is -0.0699. The summed E-state index contributed by atoms with van der Waals surface area (Å²) in [5.74, 6) is 0.804. The van der Waals surface area contributed by atoms with Gasteiger partial charge in [-0.3, -0.25) is 4.79 Å². The molecule has 3 aromatic rings. The maximum absolute atomic E-state index is 12.7. The van der Waals surface area contributed by atoms with E-state index in [1.165, 1.54) is 5.56 Å². The molecule has 0 aliphatic carbocycles. The van der Waals surface area contributed by atoms with Crippen LogP contribution in [0.1, 0.15) is 24.0 Å². The third-order valence-electron chi connectivity index (χ3n) is 5.49. The quantitative estimate of drug-likeness (QED) is 0.653. The number of halogens is 1. The van der Waals surface area contributed by atoms with Crippen LogP contribution in [0.2, 0.25) is 5.02 Å². The van der Waals surface area contributed by atoms with Crippen LogP contribution in [0.3, 0.4) is 0 Å². The van der Waals surface area contributed by atoms with E-state index in [-0.39, 0.29) is 11.8 Å². The van der Waals surface area contributed by atoms with Crippen LogP contribution >= 0.6 is 11.6 Å². The fraction of sp³-hybridized carbons (Fsp3) is 0.292. The molecule has 1 amide bonds. The molecule has 5 nitrogen and oxygen atoms in total. The molecule has 2 aromatic carbocycles. The molecule has 30 heavy (non-hydrogen) atoms. The monoisotopic (exact) mass is 420 g/mol.